The molecule has 0 amide bonds. The summed E-state index contributed by atoms with van der Waals surface area (Å²) in [5.74, 6) is -0.812. The Morgan fingerprint density at radius 2 is 1.95 bits per heavy atom. The molecule has 114 valence electrons. The van der Waals surface area contributed by atoms with Gasteiger partial charge in [-0.2, -0.15) is 0 Å². The Balaban J connectivity index is 2.28. The van der Waals surface area contributed by atoms with Crippen molar-refractivity contribution in [2.24, 2.45) is 0 Å². The SMILES string of the molecule is COc1ccc(CC(=O)c2ccc(O)cc2O)cc1[N+](=O)[O-]. The van der Waals surface area contributed by atoms with E-state index < -0.39 is 10.7 Å². The lowest BCUT2D eigenvalue weighted by molar-refractivity contribution is -0.385. The molecule has 0 spiro atoms. The maximum atomic E-state index is 12.1. The van der Waals surface area contributed by atoms with Crippen LogP contribution < -0.4 is 4.74 Å². The summed E-state index contributed by atoms with van der Waals surface area (Å²) in [6.45, 7) is 0. The van der Waals surface area contributed by atoms with Crippen LogP contribution in [0.1, 0.15) is 15.9 Å². The molecule has 0 radical (unpaired) electrons. The number of hydrogen-bond donors (Lipinski definition) is 2. The lowest BCUT2D eigenvalue weighted by atomic mass is 10.0. The molecule has 22 heavy (non-hydrogen) atoms. The Bertz CT molecular complexity index is 741. The number of nitrogens with zero attached hydrogens (tertiary/aromatic N) is 1. The molecule has 0 atom stereocenters. The van der Waals surface area contributed by atoms with Crippen LogP contribution in [-0.2, 0) is 6.42 Å². The number of hydrogen-bond acceptors (Lipinski definition) is 6. The summed E-state index contributed by atoms with van der Waals surface area (Å²) in [6.07, 6.45) is -0.122. The highest BCUT2D eigenvalue weighted by Crippen LogP contribution is 2.29. The molecule has 0 aliphatic heterocycles. The number of carbonyl (C=O) groups excluding carboxylic acids is 1. The van der Waals surface area contributed by atoms with Gasteiger partial charge in [0, 0.05) is 18.6 Å². The van der Waals surface area contributed by atoms with Gasteiger partial charge in [0.25, 0.3) is 0 Å². The highest BCUT2D eigenvalue weighted by atomic mass is 16.6. The van der Waals surface area contributed by atoms with Crippen molar-refractivity contribution in [1.29, 1.82) is 0 Å². The van der Waals surface area contributed by atoms with E-state index in [1.165, 1.54) is 31.4 Å². The molecule has 2 N–H and O–H groups in total. The van der Waals surface area contributed by atoms with Crippen LogP contribution in [0.5, 0.6) is 17.2 Å². The molecule has 2 aromatic carbocycles. The summed E-state index contributed by atoms with van der Waals surface area (Å²) in [5.41, 5.74) is 0.226. The number of nitro benzene ring substituents is 1. The summed E-state index contributed by atoms with van der Waals surface area (Å²) in [7, 11) is 1.32. The molecule has 2 aromatic rings. The van der Waals surface area contributed by atoms with E-state index in [1.807, 2.05) is 0 Å². The van der Waals surface area contributed by atoms with E-state index in [2.05, 4.69) is 0 Å². The van der Waals surface area contributed by atoms with E-state index in [-0.39, 0.29) is 34.9 Å². The largest absolute Gasteiger partial charge is 0.508 e. The predicted octanol–water partition coefficient (Wildman–Crippen LogP) is 2.44. The fraction of sp³-hybridized carbons (Fsp3) is 0.133. The fourth-order valence-corrected chi connectivity index (χ4v) is 2.02. The van der Waals surface area contributed by atoms with E-state index in [0.717, 1.165) is 6.07 Å². The Morgan fingerprint density at radius 1 is 1.23 bits per heavy atom. The van der Waals surface area contributed by atoms with Crippen LogP contribution in [0.4, 0.5) is 5.69 Å². The molecular weight excluding hydrogens is 290 g/mol. The number of ether oxygens (including phenoxy) is 1. The van der Waals surface area contributed by atoms with E-state index >= 15 is 0 Å². The third-order valence-electron chi connectivity index (χ3n) is 3.09. The molecule has 0 aliphatic carbocycles. The van der Waals surface area contributed by atoms with Gasteiger partial charge in [-0.15, -0.1) is 0 Å². The lowest BCUT2D eigenvalue weighted by Crippen LogP contribution is -2.04. The van der Waals surface area contributed by atoms with E-state index in [9.17, 15) is 25.1 Å². The molecule has 0 aromatic heterocycles. The highest BCUT2D eigenvalue weighted by molar-refractivity contribution is 6.00. The van der Waals surface area contributed by atoms with Crippen LogP contribution in [0.25, 0.3) is 0 Å². The zero-order valence-electron chi connectivity index (χ0n) is 11.6. The molecule has 2 rings (SSSR count). The van der Waals surface area contributed by atoms with Crippen molar-refractivity contribution in [2.45, 2.75) is 6.42 Å². The Hall–Kier alpha value is -3.09. The standard InChI is InChI=1S/C15H13NO6/c1-22-15-5-2-9(6-12(15)16(20)21)7-13(18)11-4-3-10(17)8-14(11)19/h2-6,8,17,19H,7H2,1H3. The van der Waals surface area contributed by atoms with E-state index in [1.54, 1.807) is 6.07 Å². The summed E-state index contributed by atoms with van der Waals surface area (Å²) < 4.78 is 4.89. The number of carbonyl (C=O) groups is 1. The number of rotatable bonds is 5. The minimum Gasteiger partial charge on any atom is -0.508 e. The Morgan fingerprint density at radius 3 is 2.55 bits per heavy atom. The van der Waals surface area contributed by atoms with Crippen LogP contribution in [0, 0.1) is 10.1 Å². The minimum atomic E-state index is -0.592. The zero-order valence-corrected chi connectivity index (χ0v) is 11.6. The van der Waals surface area contributed by atoms with Crippen molar-refractivity contribution in [3.63, 3.8) is 0 Å². The van der Waals surface area contributed by atoms with Crippen LogP contribution in [-0.4, -0.2) is 28.0 Å². The number of methoxy groups -OCH3 is 1. The third kappa shape index (κ3) is 3.14. The van der Waals surface area contributed by atoms with Crippen LogP contribution in [0.3, 0.4) is 0 Å². The normalized spacial score (nSPS) is 10.2. The van der Waals surface area contributed by atoms with Gasteiger partial charge in [0.15, 0.2) is 11.5 Å². The maximum absolute atomic E-state index is 12.1. The van der Waals surface area contributed by atoms with Gasteiger partial charge in [-0.1, -0.05) is 6.07 Å². The first kappa shape index (κ1) is 15.3. The van der Waals surface area contributed by atoms with Crippen LogP contribution in [0.2, 0.25) is 0 Å². The van der Waals surface area contributed by atoms with Gasteiger partial charge >= 0.3 is 5.69 Å². The topological polar surface area (TPSA) is 110 Å². The molecule has 0 saturated heterocycles. The number of benzene rings is 2. The number of nitro groups is 1. The average molecular weight is 303 g/mol. The van der Waals surface area contributed by atoms with E-state index in [4.69, 9.17) is 4.74 Å². The first-order valence-electron chi connectivity index (χ1n) is 6.29. The second-order valence-corrected chi connectivity index (χ2v) is 4.56. The number of phenolic OH excluding ortho intramolecular Hbond substituents is 2. The summed E-state index contributed by atoms with van der Waals surface area (Å²) in [6, 6.07) is 7.85. The molecule has 0 saturated carbocycles. The van der Waals surface area contributed by atoms with Crippen molar-refractivity contribution in [1.82, 2.24) is 0 Å². The molecular formula is C15H13NO6. The zero-order chi connectivity index (χ0) is 16.3. The van der Waals surface area contributed by atoms with Gasteiger partial charge in [0.1, 0.15) is 11.5 Å². The number of Topliss-reactive ketones (excluding diaryl/α,β-unsaturated/α-hetero) is 1. The molecule has 7 nitrogen and oxygen atoms in total. The van der Waals surface area contributed by atoms with Gasteiger partial charge in [0.05, 0.1) is 17.6 Å². The second kappa shape index (κ2) is 6.13. The lowest BCUT2D eigenvalue weighted by Gasteiger charge is -2.06. The van der Waals surface area contributed by atoms with Gasteiger partial charge in [-0.25, -0.2) is 0 Å². The van der Waals surface area contributed by atoms with Crippen molar-refractivity contribution >= 4 is 11.5 Å². The number of aromatic hydroxyl groups is 2. The maximum Gasteiger partial charge on any atom is 0.311 e. The molecule has 7 heteroatoms. The van der Waals surface area contributed by atoms with Crippen molar-refractivity contribution in [3.8, 4) is 17.2 Å². The quantitative estimate of drug-likeness (QED) is 0.498. The predicted molar refractivity (Wildman–Crippen MR) is 77.5 cm³/mol. The van der Waals surface area contributed by atoms with Crippen molar-refractivity contribution in [3.05, 3.63) is 57.6 Å². The molecule has 0 fully saturated rings. The summed E-state index contributed by atoms with van der Waals surface area (Å²) >= 11 is 0. The summed E-state index contributed by atoms with van der Waals surface area (Å²) in [4.78, 5) is 22.5. The Kier molecular flexibility index (Phi) is 4.26. The number of ketones is 1. The van der Waals surface area contributed by atoms with Crippen molar-refractivity contribution in [2.75, 3.05) is 7.11 Å². The first-order valence-corrected chi connectivity index (χ1v) is 6.29. The van der Waals surface area contributed by atoms with Gasteiger partial charge < -0.3 is 14.9 Å². The molecule has 0 aliphatic rings. The Labute approximate surface area is 125 Å². The molecule has 0 unspecified atom stereocenters. The van der Waals surface area contributed by atoms with Gasteiger partial charge in [0.2, 0.25) is 0 Å². The third-order valence-corrected chi connectivity index (χ3v) is 3.09. The highest BCUT2D eigenvalue weighted by Gasteiger charge is 2.18. The summed E-state index contributed by atoms with van der Waals surface area (Å²) in [5, 5.41) is 29.8. The average Bonchev–Trinajstić information content (AvgIpc) is 2.46. The monoisotopic (exact) mass is 303 g/mol. The second-order valence-electron chi connectivity index (χ2n) is 4.56. The van der Waals surface area contributed by atoms with E-state index in [0.29, 0.717) is 5.56 Å². The van der Waals surface area contributed by atoms with Gasteiger partial charge in [-0.3, -0.25) is 14.9 Å². The minimum absolute atomic E-state index is 0.0382. The fourth-order valence-electron chi connectivity index (χ4n) is 2.02. The van der Waals surface area contributed by atoms with Crippen LogP contribution in [0.15, 0.2) is 36.4 Å². The smallest absolute Gasteiger partial charge is 0.311 e. The van der Waals surface area contributed by atoms with Crippen molar-refractivity contribution < 1.29 is 24.7 Å². The number of phenols is 2. The van der Waals surface area contributed by atoms with Crippen LogP contribution >= 0.6 is 0 Å². The molecule has 0 bridgehead atoms. The molecule has 0 heterocycles. The van der Waals surface area contributed by atoms with Gasteiger partial charge in [-0.05, 0) is 23.8 Å². The first-order chi connectivity index (χ1) is 10.4.